The number of aromatic nitrogens is 1. The van der Waals surface area contributed by atoms with Gasteiger partial charge < -0.3 is 4.74 Å². The van der Waals surface area contributed by atoms with Crippen LogP contribution in [0.15, 0.2) is 47.4 Å². The average molecular weight is 322 g/mol. The molecule has 2 heterocycles. The standard InChI is InChI=1S/C15H15FN2O3S/c1-11-3-2-4-15(17-11)21-13-9-18(10-13)22(19,20)14-7-5-12(16)6-8-14/h2-8,13H,9-10H2,1H3. The van der Waals surface area contributed by atoms with Crippen molar-refractivity contribution in [3.8, 4) is 5.88 Å². The van der Waals surface area contributed by atoms with Crippen LogP contribution in [0, 0.1) is 12.7 Å². The Morgan fingerprint density at radius 2 is 1.86 bits per heavy atom. The smallest absolute Gasteiger partial charge is 0.243 e. The summed E-state index contributed by atoms with van der Waals surface area (Å²) in [6.45, 7) is 2.38. The van der Waals surface area contributed by atoms with Gasteiger partial charge in [0.15, 0.2) is 0 Å². The van der Waals surface area contributed by atoms with E-state index < -0.39 is 15.8 Å². The van der Waals surface area contributed by atoms with Gasteiger partial charge in [-0.05, 0) is 37.3 Å². The van der Waals surface area contributed by atoms with Crippen molar-refractivity contribution in [2.45, 2.75) is 17.9 Å². The number of hydrogen-bond donors (Lipinski definition) is 0. The van der Waals surface area contributed by atoms with Crippen LogP contribution in [0.5, 0.6) is 5.88 Å². The molecule has 0 unspecified atom stereocenters. The van der Waals surface area contributed by atoms with Gasteiger partial charge in [0.25, 0.3) is 0 Å². The lowest BCUT2D eigenvalue weighted by Crippen LogP contribution is -2.56. The summed E-state index contributed by atoms with van der Waals surface area (Å²) in [7, 11) is -3.59. The summed E-state index contributed by atoms with van der Waals surface area (Å²) in [6, 6.07) is 10.2. The van der Waals surface area contributed by atoms with Gasteiger partial charge in [-0.2, -0.15) is 4.31 Å². The van der Waals surface area contributed by atoms with Crippen LogP contribution in [0.3, 0.4) is 0 Å². The molecule has 0 radical (unpaired) electrons. The highest BCUT2D eigenvalue weighted by atomic mass is 32.2. The molecule has 22 heavy (non-hydrogen) atoms. The molecule has 0 saturated carbocycles. The Hall–Kier alpha value is -1.99. The van der Waals surface area contributed by atoms with E-state index >= 15 is 0 Å². The van der Waals surface area contributed by atoms with Crippen molar-refractivity contribution in [2.75, 3.05) is 13.1 Å². The summed E-state index contributed by atoms with van der Waals surface area (Å²) < 4.78 is 44.4. The summed E-state index contributed by atoms with van der Waals surface area (Å²) in [5.74, 6) is 0.0260. The fourth-order valence-electron chi connectivity index (χ4n) is 2.18. The Kier molecular flexibility index (Phi) is 3.84. The lowest BCUT2D eigenvalue weighted by atomic mass is 10.2. The molecule has 2 aromatic rings. The number of ether oxygens (including phenoxy) is 1. The lowest BCUT2D eigenvalue weighted by molar-refractivity contribution is 0.0719. The van der Waals surface area contributed by atoms with Crippen molar-refractivity contribution in [3.63, 3.8) is 0 Å². The van der Waals surface area contributed by atoms with E-state index in [1.165, 1.54) is 16.4 Å². The Morgan fingerprint density at radius 3 is 2.50 bits per heavy atom. The number of aryl methyl sites for hydroxylation is 1. The molecule has 0 aliphatic carbocycles. The topological polar surface area (TPSA) is 59.5 Å². The molecular formula is C15H15FN2O3S. The molecule has 1 aliphatic rings. The molecule has 0 amide bonds. The number of rotatable bonds is 4. The van der Waals surface area contributed by atoms with Crippen LogP contribution >= 0.6 is 0 Å². The van der Waals surface area contributed by atoms with Crippen molar-refractivity contribution < 1.29 is 17.5 Å². The van der Waals surface area contributed by atoms with E-state index in [0.29, 0.717) is 5.88 Å². The fraction of sp³-hybridized carbons (Fsp3) is 0.267. The summed E-state index contributed by atoms with van der Waals surface area (Å²) >= 11 is 0. The SMILES string of the molecule is Cc1cccc(OC2CN(S(=O)(=O)c3ccc(F)cc3)C2)n1. The molecule has 3 rings (SSSR count). The van der Waals surface area contributed by atoms with E-state index in [1.807, 2.05) is 19.1 Å². The van der Waals surface area contributed by atoms with E-state index in [0.717, 1.165) is 17.8 Å². The number of benzene rings is 1. The first-order chi connectivity index (χ1) is 10.4. The van der Waals surface area contributed by atoms with Gasteiger partial charge in [0, 0.05) is 11.8 Å². The molecule has 1 fully saturated rings. The zero-order valence-electron chi connectivity index (χ0n) is 11.9. The van der Waals surface area contributed by atoms with Crippen LogP contribution in [0.25, 0.3) is 0 Å². The number of pyridine rings is 1. The van der Waals surface area contributed by atoms with Crippen LogP contribution < -0.4 is 4.74 Å². The van der Waals surface area contributed by atoms with E-state index in [9.17, 15) is 12.8 Å². The van der Waals surface area contributed by atoms with Crippen LogP contribution in [-0.4, -0.2) is 36.9 Å². The first kappa shape index (κ1) is 14.9. The molecule has 0 bridgehead atoms. The summed E-state index contributed by atoms with van der Waals surface area (Å²) in [6.07, 6.45) is -0.218. The highest BCUT2D eigenvalue weighted by Crippen LogP contribution is 2.24. The molecular weight excluding hydrogens is 307 g/mol. The second kappa shape index (κ2) is 5.66. The number of sulfonamides is 1. The molecule has 1 saturated heterocycles. The van der Waals surface area contributed by atoms with Gasteiger partial charge in [0.1, 0.15) is 11.9 Å². The third-order valence-electron chi connectivity index (χ3n) is 3.42. The predicted octanol–water partition coefficient (Wildman–Crippen LogP) is 1.98. The van der Waals surface area contributed by atoms with Gasteiger partial charge >= 0.3 is 0 Å². The maximum Gasteiger partial charge on any atom is 0.243 e. The van der Waals surface area contributed by atoms with E-state index in [4.69, 9.17) is 4.74 Å². The predicted molar refractivity (Wildman–Crippen MR) is 78.5 cm³/mol. The van der Waals surface area contributed by atoms with Crippen LogP contribution in [0.2, 0.25) is 0 Å². The number of hydrogen-bond acceptors (Lipinski definition) is 4. The highest BCUT2D eigenvalue weighted by molar-refractivity contribution is 7.89. The minimum atomic E-state index is -3.59. The third-order valence-corrected chi connectivity index (χ3v) is 5.26. The van der Waals surface area contributed by atoms with Crippen molar-refractivity contribution in [1.82, 2.24) is 9.29 Å². The van der Waals surface area contributed by atoms with Gasteiger partial charge in [-0.15, -0.1) is 0 Å². The van der Waals surface area contributed by atoms with Crippen molar-refractivity contribution in [2.24, 2.45) is 0 Å². The number of nitrogens with zero attached hydrogens (tertiary/aromatic N) is 2. The minimum absolute atomic E-state index is 0.0843. The largest absolute Gasteiger partial charge is 0.472 e. The second-order valence-corrected chi connectivity index (χ2v) is 7.07. The maximum atomic E-state index is 12.9. The van der Waals surface area contributed by atoms with Gasteiger partial charge in [-0.1, -0.05) is 6.07 Å². The fourth-order valence-corrected chi connectivity index (χ4v) is 3.68. The normalized spacial score (nSPS) is 16.3. The zero-order chi connectivity index (χ0) is 15.7. The van der Waals surface area contributed by atoms with Crippen molar-refractivity contribution in [3.05, 3.63) is 54.0 Å². The van der Waals surface area contributed by atoms with E-state index in [-0.39, 0.29) is 24.1 Å². The van der Waals surface area contributed by atoms with Crippen molar-refractivity contribution >= 4 is 10.0 Å². The van der Waals surface area contributed by atoms with Crippen LogP contribution in [0.4, 0.5) is 4.39 Å². The van der Waals surface area contributed by atoms with Gasteiger partial charge in [0.05, 0.1) is 18.0 Å². The summed E-state index contributed by atoms with van der Waals surface area (Å²) in [4.78, 5) is 4.30. The van der Waals surface area contributed by atoms with Crippen molar-refractivity contribution in [1.29, 1.82) is 0 Å². The molecule has 1 aliphatic heterocycles. The molecule has 7 heteroatoms. The Balaban J connectivity index is 1.64. The summed E-state index contributed by atoms with van der Waals surface area (Å²) in [5, 5.41) is 0. The monoisotopic (exact) mass is 322 g/mol. The Labute approximate surface area is 128 Å². The first-order valence-corrected chi connectivity index (χ1v) is 8.25. The van der Waals surface area contributed by atoms with Gasteiger partial charge in [0.2, 0.25) is 15.9 Å². The molecule has 1 aromatic heterocycles. The molecule has 116 valence electrons. The third kappa shape index (κ3) is 2.95. The quantitative estimate of drug-likeness (QED) is 0.864. The molecule has 0 atom stereocenters. The molecule has 5 nitrogen and oxygen atoms in total. The first-order valence-electron chi connectivity index (χ1n) is 6.81. The zero-order valence-corrected chi connectivity index (χ0v) is 12.8. The second-order valence-electron chi connectivity index (χ2n) is 5.13. The van der Waals surface area contributed by atoms with Gasteiger partial charge in [-0.3, -0.25) is 0 Å². The Bertz CT molecular complexity index is 772. The Morgan fingerprint density at radius 1 is 1.18 bits per heavy atom. The van der Waals surface area contributed by atoms with Crippen LogP contribution in [-0.2, 0) is 10.0 Å². The summed E-state index contributed by atoms with van der Waals surface area (Å²) in [5.41, 5.74) is 0.840. The van der Waals surface area contributed by atoms with Crippen LogP contribution in [0.1, 0.15) is 5.69 Å². The lowest BCUT2D eigenvalue weighted by Gasteiger charge is -2.37. The van der Waals surface area contributed by atoms with E-state index in [1.54, 1.807) is 6.07 Å². The minimum Gasteiger partial charge on any atom is -0.472 e. The number of halogens is 1. The maximum absolute atomic E-state index is 12.9. The molecule has 0 N–H and O–H groups in total. The highest BCUT2D eigenvalue weighted by Gasteiger charge is 2.38. The van der Waals surface area contributed by atoms with E-state index in [2.05, 4.69) is 4.98 Å². The molecule has 1 aromatic carbocycles. The van der Waals surface area contributed by atoms with Gasteiger partial charge in [-0.25, -0.2) is 17.8 Å². The average Bonchev–Trinajstić information content (AvgIpc) is 2.43. The molecule has 0 spiro atoms.